The van der Waals surface area contributed by atoms with Gasteiger partial charge in [0.05, 0.1) is 0 Å². The van der Waals surface area contributed by atoms with Crippen molar-refractivity contribution < 1.29 is 0 Å². The highest BCUT2D eigenvalue weighted by Crippen LogP contribution is 2.47. The van der Waals surface area contributed by atoms with E-state index in [0.29, 0.717) is 5.41 Å². The third-order valence-corrected chi connectivity index (χ3v) is 3.78. The monoisotopic (exact) mass is 181 g/mol. The minimum Gasteiger partial charge on any atom is -0.303 e. The van der Waals surface area contributed by atoms with Crippen LogP contribution in [0.25, 0.3) is 0 Å². The Morgan fingerprint density at radius 2 is 1.46 bits per heavy atom. The SMILES string of the molecule is CC(C)(C)CC12CCN(CC1)CC2. The van der Waals surface area contributed by atoms with Crippen LogP contribution >= 0.6 is 0 Å². The van der Waals surface area contributed by atoms with Crippen molar-refractivity contribution in [2.45, 2.75) is 46.5 Å². The Morgan fingerprint density at radius 3 is 1.85 bits per heavy atom. The van der Waals surface area contributed by atoms with Crippen LogP contribution in [-0.4, -0.2) is 24.5 Å². The minimum absolute atomic E-state index is 0.527. The van der Waals surface area contributed by atoms with Crippen molar-refractivity contribution in [2.75, 3.05) is 19.6 Å². The number of hydrogen-bond donors (Lipinski definition) is 0. The molecule has 0 amide bonds. The normalized spacial score (nSPS) is 39.5. The van der Waals surface area contributed by atoms with E-state index in [0.717, 1.165) is 5.41 Å². The van der Waals surface area contributed by atoms with Crippen LogP contribution in [0.4, 0.5) is 0 Å². The molecule has 0 saturated carbocycles. The summed E-state index contributed by atoms with van der Waals surface area (Å²) in [6, 6.07) is 0. The number of rotatable bonds is 1. The Hall–Kier alpha value is -0.0400. The zero-order valence-electron chi connectivity index (χ0n) is 9.40. The number of nitrogens with zero attached hydrogens (tertiary/aromatic N) is 1. The summed E-state index contributed by atoms with van der Waals surface area (Å²) < 4.78 is 0. The van der Waals surface area contributed by atoms with Crippen LogP contribution in [0.2, 0.25) is 0 Å². The first kappa shape index (κ1) is 9.51. The highest BCUT2D eigenvalue weighted by molar-refractivity contribution is 4.94. The molecule has 3 saturated heterocycles. The van der Waals surface area contributed by atoms with Crippen LogP contribution in [0.5, 0.6) is 0 Å². The quantitative estimate of drug-likeness (QED) is 0.601. The molecule has 0 N–H and O–H groups in total. The van der Waals surface area contributed by atoms with Gasteiger partial charge in [0.1, 0.15) is 0 Å². The summed E-state index contributed by atoms with van der Waals surface area (Å²) in [6.45, 7) is 11.3. The van der Waals surface area contributed by atoms with Crippen molar-refractivity contribution in [3.8, 4) is 0 Å². The highest BCUT2D eigenvalue weighted by atomic mass is 15.1. The summed E-state index contributed by atoms with van der Waals surface area (Å²) in [7, 11) is 0. The Balaban J connectivity index is 2.03. The summed E-state index contributed by atoms with van der Waals surface area (Å²) in [6.07, 6.45) is 5.83. The van der Waals surface area contributed by atoms with Gasteiger partial charge in [-0.1, -0.05) is 20.8 Å². The fraction of sp³-hybridized carbons (Fsp3) is 1.00. The molecule has 1 heteroatoms. The van der Waals surface area contributed by atoms with Gasteiger partial charge in [0, 0.05) is 0 Å². The molecule has 2 bridgehead atoms. The molecule has 3 fully saturated rings. The first-order chi connectivity index (χ1) is 5.99. The van der Waals surface area contributed by atoms with Gasteiger partial charge in [-0.25, -0.2) is 0 Å². The van der Waals surface area contributed by atoms with Crippen LogP contribution < -0.4 is 0 Å². The number of hydrogen-bond acceptors (Lipinski definition) is 1. The van der Waals surface area contributed by atoms with E-state index in [4.69, 9.17) is 0 Å². The first-order valence-corrected chi connectivity index (χ1v) is 5.72. The molecule has 3 heterocycles. The maximum Gasteiger partial charge on any atom is -0.00134 e. The Morgan fingerprint density at radius 1 is 1.00 bits per heavy atom. The molecule has 76 valence electrons. The lowest BCUT2D eigenvalue weighted by Gasteiger charge is -2.50. The van der Waals surface area contributed by atoms with Crippen molar-refractivity contribution in [3.63, 3.8) is 0 Å². The summed E-state index contributed by atoms with van der Waals surface area (Å²) in [5.41, 5.74) is 1.26. The second-order valence-corrected chi connectivity index (χ2v) is 6.33. The Labute approximate surface area is 82.5 Å². The molecule has 0 atom stereocenters. The summed E-state index contributed by atoms with van der Waals surface area (Å²) in [4.78, 5) is 2.63. The summed E-state index contributed by atoms with van der Waals surface area (Å²) in [5.74, 6) is 0. The van der Waals surface area contributed by atoms with Gasteiger partial charge < -0.3 is 4.90 Å². The Bertz CT molecular complexity index is 168. The number of fused-ring (bicyclic) bond motifs is 3. The standard InChI is InChI=1S/C12H23N/c1-11(2,3)10-12-4-7-13(8-5-12)9-6-12/h4-10H2,1-3H3. The molecule has 13 heavy (non-hydrogen) atoms. The van der Waals surface area contributed by atoms with Gasteiger partial charge in [-0.3, -0.25) is 0 Å². The van der Waals surface area contributed by atoms with Gasteiger partial charge in [0.2, 0.25) is 0 Å². The van der Waals surface area contributed by atoms with Crippen LogP contribution in [0.15, 0.2) is 0 Å². The second kappa shape index (κ2) is 2.98. The van der Waals surface area contributed by atoms with Crippen molar-refractivity contribution in [2.24, 2.45) is 10.8 Å². The highest BCUT2D eigenvalue weighted by Gasteiger charge is 2.41. The zero-order chi connectivity index (χ0) is 9.53. The molecule has 0 unspecified atom stereocenters. The van der Waals surface area contributed by atoms with Crippen molar-refractivity contribution in [1.82, 2.24) is 4.90 Å². The van der Waals surface area contributed by atoms with Crippen molar-refractivity contribution >= 4 is 0 Å². The maximum atomic E-state index is 2.63. The molecule has 0 aromatic carbocycles. The van der Waals surface area contributed by atoms with E-state index >= 15 is 0 Å². The fourth-order valence-electron chi connectivity index (χ4n) is 3.29. The van der Waals surface area contributed by atoms with Gasteiger partial charge in [0.15, 0.2) is 0 Å². The molecule has 0 aromatic heterocycles. The van der Waals surface area contributed by atoms with Crippen molar-refractivity contribution in [1.29, 1.82) is 0 Å². The molecule has 3 aliphatic rings. The zero-order valence-corrected chi connectivity index (χ0v) is 9.40. The van der Waals surface area contributed by atoms with E-state index in [1.54, 1.807) is 0 Å². The van der Waals surface area contributed by atoms with E-state index in [-0.39, 0.29) is 0 Å². The molecular formula is C12H23N. The molecule has 3 rings (SSSR count). The van der Waals surface area contributed by atoms with Gasteiger partial charge >= 0.3 is 0 Å². The van der Waals surface area contributed by atoms with E-state index in [2.05, 4.69) is 25.7 Å². The largest absolute Gasteiger partial charge is 0.303 e. The third kappa shape index (κ3) is 2.07. The van der Waals surface area contributed by atoms with E-state index < -0.39 is 0 Å². The van der Waals surface area contributed by atoms with Gasteiger partial charge in [-0.15, -0.1) is 0 Å². The predicted molar refractivity (Wildman–Crippen MR) is 56.8 cm³/mol. The summed E-state index contributed by atoms with van der Waals surface area (Å²) in [5, 5.41) is 0. The predicted octanol–water partition coefficient (Wildman–Crippen LogP) is 2.91. The molecule has 0 radical (unpaired) electrons. The lowest BCUT2D eigenvalue weighted by molar-refractivity contribution is -0.00271. The topological polar surface area (TPSA) is 3.24 Å². The maximum absolute atomic E-state index is 2.63. The van der Waals surface area contributed by atoms with E-state index in [1.165, 1.54) is 45.3 Å². The van der Waals surface area contributed by atoms with Gasteiger partial charge in [-0.05, 0) is 56.1 Å². The smallest absolute Gasteiger partial charge is 0.00134 e. The van der Waals surface area contributed by atoms with Crippen LogP contribution in [0, 0.1) is 10.8 Å². The average molecular weight is 181 g/mol. The molecular weight excluding hydrogens is 158 g/mol. The van der Waals surface area contributed by atoms with E-state index in [1.807, 2.05) is 0 Å². The molecule has 1 nitrogen and oxygen atoms in total. The lowest BCUT2D eigenvalue weighted by Crippen LogP contribution is -2.49. The summed E-state index contributed by atoms with van der Waals surface area (Å²) >= 11 is 0. The second-order valence-electron chi connectivity index (χ2n) is 6.33. The first-order valence-electron chi connectivity index (χ1n) is 5.72. The minimum atomic E-state index is 0.527. The van der Waals surface area contributed by atoms with Crippen LogP contribution in [-0.2, 0) is 0 Å². The van der Waals surface area contributed by atoms with Crippen LogP contribution in [0.1, 0.15) is 46.5 Å². The molecule has 0 spiro atoms. The third-order valence-electron chi connectivity index (χ3n) is 3.78. The number of piperidine rings is 3. The molecule has 3 aliphatic heterocycles. The average Bonchev–Trinajstić information content (AvgIpc) is 2.03. The Kier molecular flexibility index (Phi) is 2.18. The molecule has 0 aliphatic carbocycles. The van der Waals surface area contributed by atoms with Crippen LogP contribution in [0.3, 0.4) is 0 Å². The van der Waals surface area contributed by atoms with E-state index in [9.17, 15) is 0 Å². The fourth-order valence-corrected chi connectivity index (χ4v) is 3.29. The molecule has 0 aromatic rings. The van der Waals surface area contributed by atoms with Gasteiger partial charge in [0.25, 0.3) is 0 Å². The van der Waals surface area contributed by atoms with Crippen molar-refractivity contribution in [3.05, 3.63) is 0 Å². The lowest BCUT2D eigenvalue weighted by atomic mass is 9.64. The van der Waals surface area contributed by atoms with Gasteiger partial charge in [-0.2, -0.15) is 0 Å².